The molecule has 2 aromatic rings. The fourth-order valence-corrected chi connectivity index (χ4v) is 4.71. The topological polar surface area (TPSA) is 3.24 Å². The van der Waals surface area contributed by atoms with Crippen molar-refractivity contribution in [2.45, 2.75) is 9.79 Å². The van der Waals surface area contributed by atoms with Crippen LogP contribution < -0.4 is 4.90 Å². The Morgan fingerprint density at radius 3 is 1.89 bits per heavy atom. The van der Waals surface area contributed by atoms with Gasteiger partial charge < -0.3 is 4.90 Å². The summed E-state index contributed by atoms with van der Waals surface area (Å²) in [6.07, 6.45) is 0. The molecule has 0 fully saturated rings. The molecule has 0 amide bonds. The normalized spacial score (nSPS) is 13.1. The quantitative estimate of drug-likeness (QED) is 0.487. The van der Waals surface area contributed by atoms with E-state index in [0.717, 1.165) is 20.8 Å². The molecule has 19 heavy (non-hydrogen) atoms. The summed E-state index contributed by atoms with van der Waals surface area (Å²) in [6.45, 7) is 0.962. The van der Waals surface area contributed by atoms with Crippen molar-refractivity contribution in [3.05, 3.63) is 45.3 Å². The van der Waals surface area contributed by atoms with Crippen molar-refractivity contribution >= 4 is 70.9 Å². The van der Waals surface area contributed by atoms with Gasteiger partial charge in [0, 0.05) is 30.6 Å². The number of hydrogen-bond donors (Lipinski definition) is 0. The number of halogens is 3. The number of nitrogens with zero attached hydrogens (tertiary/aromatic N) is 1. The molecule has 0 N–H and O–H groups in total. The van der Waals surface area contributed by atoms with Gasteiger partial charge in [-0.05, 0) is 36.4 Å². The van der Waals surface area contributed by atoms with Crippen LogP contribution >= 0.6 is 59.6 Å². The van der Waals surface area contributed by atoms with Crippen LogP contribution in [0, 0.1) is 0 Å². The maximum Gasteiger partial charge on any atom is 0.0553 e. The molecule has 98 valence electrons. The van der Waals surface area contributed by atoms with Crippen LogP contribution in [-0.4, -0.2) is 11.9 Å². The fourth-order valence-electron chi connectivity index (χ4n) is 2.16. The molecular weight excluding hydrogens is 454 g/mol. The Hall–Kier alpha value is 0.0300. The van der Waals surface area contributed by atoms with Crippen LogP contribution in [0.4, 0.5) is 11.4 Å². The highest BCUT2D eigenvalue weighted by molar-refractivity contribution is 9.10. The lowest BCUT2D eigenvalue weighted by atomic mass is 10.2. The van der Waals surface area contributed by atoms with Gasteiger partial charge in [-0.3, -0.25) is 0 Å². The van der Waals surface area contributed by atoms with Crippen LogP contribution in [0.25, 0.3) is 0 Å². The molecule has 0 aliphatic carbocycles. The highest BCUT2D eigenvalue weighted by Crippen LogP contribution is 2.49. The summed E-state index contributed by atoms with van der Waals surface area (Å²) in [4.78, 5) is 4.95. The maximum atomic E-state index is 3.55. The number of benzene rings is 2. The molecule has 0 spiro atoms. The first-order chi connectivity index (χ1) is 9.19. The lowest BCUT2D eigenvalue weighted by Crippen LogP contribution is -2.22. The Bertz CT molecular complexity index is 579. The maximum absolute atomic E-state index is 3.55. The second-order valence-electron chi connectivity index (χ2n) is 4.17. The van der Waals surface area contributed by atoms with Crippen LogP contribution in [0.5, 0.6) is 0 Å². The van der Waals surface area contributed by atoms with E-state index in [1.54, 1.807) is 0 Å². The molecule has 0 atom stereocenters. The second kappa shape index (κ2) is 5.80. The lowest BCUT2D eigenvalue weighted by Gasteiger charge is -2.32. The molecule has 1 aliphatic heterocycles. The van der Waals surface area contributed by atoms with Gasteiger partial charge in [-0.1, -0.05) is 59.6 Å². The minimum absolute atomic E-state index is 0.947. The molecule has 1 aliphatic rings. The summed E-state index contributed by atoms with van der Waals surface area (Å²) in [5, 5.41) is 0.947. The average molecular weight is 464 g/mol. The van der Waals surface area contributed by atoms with Crippen molar-refractivity contribution in [2.24, 2.45) is 0 Å². The largest absolute Gasteiger partial charge is 0.339 e. The van der Waals surface area contributed by atoms with Gasteiger partial charge in [-0.2, -0.15) is 0 Å². The molecule has 0 saturated heterocycles. The van der Waals surface area contributed by atoms with Crippen molar-refractivity contribution in [3.63, 3.8) is 0 Å². The third-order valence-corrected chi connectivity index (χ3v) is 5.39. The van der Waals surface area contributed by atoms with Crippen molar-refractivity contribution < 1.29 is 0 Å². The molecular formula is C14H10Br3NS. The summed E-state index contributed by atoms with van der Waals surface area (Å²) in [5.41, 5.74) is 2.56. The van der Waals surface area contributed by atoms with Crippen LogP contribution in [-0.2, 0) is 0 Å². The first kappa shape index (κ1) is 14.0. The molecule has 2 aromatic carbocycles. The van der Waals surface area contributed by atoms with Crippen LogP contribution in [0.2, 0.25) is 0 Å². The van der Waals surface area contributed by atoms with E-state index in [4.69, 9.17) is 0 Å². The molecule has 0 unspecified atom stereocenters. The first-order valence-electron chi connectivity index (χ1n) is 5.79. The fraction of sp³-hybridized carbons (Fsp3) is 0.143. The number of anilines is 2. The standard InChI is InChI=1S/C14H10Br3NS/c15-5-6-18-11-3-1-9(16)7-13(11)19-14-8-10(17)2-4-12(14)18/h1-4,7-8H,5-6H2. The summed E-state index contributed by atoms with van der Waals surface area (Å²) in [7, 11) is 0. The molecule has 3 rings (SSSR count). The molecule has 0 saturated carbocycles. The number of rotatable bonds is 2. The van der Waals surface area contributed by atoms with Gasteiger partial charge in [0.2, 0.25) is 0 Å². The monoisotopic (exact) mass is 461 g/mol. The second-order valence-corrected chi connectivity index (χ2v) is 7.87. The highest BCUT2D eigenvalue weighted by Gasteiger charge is 2.23. The molecule has 5 heteroatoms. The molecule has 0 radical (unpaired) electrons. The van der Waals surface area contributed by atoms with E-state index in [1.807, 2.05) is 11.8 Å². The average Bonchev–Trinajstić information content (AvgIpc) is 2.37. The first-order valence-corrected chi connectivity index (χ1v) is 9.32. The molecule has 1 nitrogen and oxygen atoms in total. The Kier molecular flexibility index (Phi) is 4.27. The minimum Gasteiger partial charge on any atom is -0.339 e. The zero-order chi connectivity index (χ0) is 13.4. The molecule has 0 aromatic heterocycles. The van der Waals surface area contributed by atoms with E-state index in [9.17, 15) is 0 Å². The predicted octanol–water partition coefficient (Wildman–Crippen LogP) is 6.21. The van der Waals surface area contributed by atoms with E-state index < -0.39 is 0 Å². The number of fused-ring (bicyclic) bond motifs is 2. The third-order valence-electron chi connectivity index (χ3n) is 2.95. The minimum atomic E-state index is 0.947. The van der Waals surface area contributed by atoms with E-state index >= 15 is 0 Å². The van der Waals surface area contributed by atoms with Crippen molar-refractivity contribution in [3.8, 4) is 0 Å². The van der Waals surface area contributed by atoms with E-state index in [1.165, 1.54) is 21.2 Å². The van der Waals surface area contributed by atoms with E-state index in [2.05, 4.69) is 89.1 Å². The zero-order valence-corrected chi connectivity index (χ0v) is 15.4. The molecule has 0 bridgehead atoms. The van der Waals surface area contributed by atoms with Gasteiger partial charge in [0.25, 0.3) is 0 Å². The van der Waals surface area contributed by atoms with Gasteiger partial charge in [0.05, 0.1) is 11.4 Å². The molecule has 1 heterocycles. The third kappa shape index (κ3) is 2.75. The van der Waals surface area contributed by atoms with Crippen LogP contribution in [0.1, 0.15) is 0 Å². The summed E-state index contributed by atoms with van der Waals surface area (Å²) in [5.74, 6) is 0. The summed E-state index contributed by atoms with van der Waals surface area (Å²) < 4.78 is 2.24. The van der Waals surface area contributed by atoms with Gasteiger partial charge in [0.1, 0.15) is 0 Å². The lowest BCUT2D eigenvalue weighted by molar-refractivity contribution is 0.990. The Balaban J connectivity index is 2.14. The van der Waals surface area contributed by atoms with Crippen molar-refractivity contribution in [1.82, 2.24) is 0 Å². The highest BCUT2D eigenvalue weighted by atomic mass is 79.9. The van der Waals surface area contributed by atoms with Crippen molar-refractivity contribution in [2.75, 3.05) is 16.8 Å². The van der Waals surface area contributed by atoms with Gasteiger partial charge in [-0.25, -0.2) is 0 Å². The SMILES string of the molecule is BrCCN1c2ccc(Br)cc2Sc2cc(Br)ccc21. The van der Waals surface area contributed by atoms with Gasteiger partial charge >= 0.3 is 0 Å². The smallest absolute Gasteiger partial charge is 0.0553 e. The summed E-state index contributed by atoms with van der Waals surface area (Å²) >= 11 is 12.5. The van der Waals surface area contributed by atoms with Gasteiger partial charge in [0.15, 0.2) is 0 Å². The van der Waals surface area contributed by atoms with Crippen molar-refractivity contribution in [1.29, 1.82) is 0 Å². The number of hydrogen-bond acceptors (Lipinski definition) is 2. The van der Waals surface area contributed by atoms with Crippen LogP contribution in [0.15, 0.2) is 55.1 Å². The van der Waals surface area contributed by atoms with Gasteiger partial charge in [-0.15, -0.1) is 0 Å². The predicted molar refractivity (Wildman–Crippen MR) is 93.2 cm³/mol. The van der Waals surface area contributed by atoms with E-state index in [-0.39, 0.29) is 0 Å². The van der Waals surface area contributed by atoms with Crippen LogP contribution in [0.3, 0.4) is 0 Å². The Morgan fingerprint density at radius 2 is 1.42 bits per heavy atom. The number of alkyl halides is 1. The zero-order valence-electron chi connectivity index (χ0n) is 9.87. The summed E-state index contributed by atoms with van der Waals surface area (Å²) in [6, 6.07) is 12.9. The Morgan fingerprint density at radius 1 is 0.895 bits per heavy atom. The van der Waals surface area contributed by atoms with E-state index in [0.29, 0.717) is 0 Å². The Labute approximate surface area is 142 Å².